The summed E-state index contributed by atoms with van der Waals surface area (Å²) in [4.78, 5) is 11.5. The molecule has 0 radical (unpaired) electrons. The third-order valence-corrected chi connectivity index (χ3v) is 3.58. The second kappa shape index (κ2) is 1.96. The van der Waals surface area contributed by atoms with Crippen LogP contribution in [0.25, 0.3) is 0 Å². The van der Waals surface area contributed by atoms with Crippen LogP contribution in [-0.2, 0) is 4.79 Å². The SMILES string of the molecule is C=C[C@]1(C)C(=O)[C@H]2CCC[C@H]21. The van der Waals surface area contributed by atoms with Gasteiger partial charge >= 0.3 is 0 Å². The van der Waals surface area contributed by atoms with Gasteiger partial charge in [0.25, 0.3) is 0 Å². The third-order valence-electron chi connectivity index (χ3n) is 3.58. The van der Waals surface area contributed by atoms with Crippen molar-refractivity contribution in [3.05, 3.63) is 12.7 Å². The standard InChI is InChI=1S/C10H14O/c1-3-10(2)8-6-4-5-7(8)9(10)11/h3,7-8H,1,4-6H2,2H3/t7-,8+,10-/m0/s1. The zero-order chi connectivity index (χ0) is 8.06. The van der Waals surface area contributed by atoms with Crippen molar-refractivity contribution in [1.29, 1.82) is 0 Å². The number of fused-ring (bicyclic) bond motifs is 1. The molecule has 0 heterocycles. The summed E-state index contributed by atoms with van der Waals surface area (Å²) in [7, 11) is 0. The molecule has 11 heavy (non-hydrogen) atoms. The van der Waals surface area contributed by atoms with Gasteiger partial charge in [0.15, 0.2) is 0 Å². The second-order valence-corrected chi connectivity index (χ2v) is 3.99. The molecule has 2 saturated carbocycles. The van der Waals surface area contributed by atoms with Crippen molar-refractivity contribution in [2.45, 2.75) is 26.2 Å². The molecule has 2 rings (SSSR count). The van der Waals surface area contributed by atoms with E-state index in [1.54, 1.807) is 0 Å². The Kier molecular flexibility index (Phi) is 1.26. The molecule has 2 aliphatic carbocycles. The van der Waals surface area contributed by atoms with Gasteiger partial charge in [-0.1, -0.05) is 12.5 Å². The fourth-order valence-corrected chi connectivity index (χ4v) is 2.73. The normalized spacial score (nSPS) is 48.3. The first-order chi connectivity index (χ1) is 5.20. The highest BCUT2D eigenvalue weighted by atomic mass is 16.1. The van der Waals surface area contributed by atoms with Gasteiger partial charge in [0, 0.05) is 11.3 Å². The maximum absolute atomic E-state index is 11.5. The van der Waals surface area contributed by atoms with E-state index in [0.29, 0.717) is 17.6 Å². The van der Waals surface area contributed by atoms with Gasteiger partial charge in [-0.25, -0.2) is 0 Å². The lowest BCUT2D eigenvalue weighted by Crippen LogP contribution is -2.52. The molecule has 3 atom stereocenters. The van der Waals surface area contributed by atoms with Crippen LogP contribution in [0.4, 0.5) is 0 Å². The molecular weight excluding hydrogens is 136 g/mol. The summed E-state index contributed by atoms with van der Waals surface area (Å²) in [5.41, 5.74) is -0.152. The summed E-state index contributed by atoms with van der Waals surface area (Å²) in [6.45, 7) is 5.78. The Balaban J connectivity index is 2.27. The molecule has 0 N–H and O–H groups in total. The third kappa shape index (κ3) is 0.640. The molecule has 60 valence electrons. The summed E-state index contributed by atoms with van der Waals surface area (Å²) < 4.78 is 0. The smallest absolute Gasteiger partial charge is 0.146 e. The van der Waals surface area contributed by atoms with Gasteiger partial charge in [0.2, 0.25) is 0 Å². The number of carbonyl (C=O) groups excluding carboxylic acids is 1. The number of hydrogen-bond donors (Lipinski definition) is 0. The molecule has 0 spiro atoms. The van der Waals surface area contributed by atoms with E-state index < -0.39 is 0 Å². The van der Waals surface area contributed by atoms with Crippen LogP contribution in [0.15, 0.2) is 12.7 Å². The Labute approximate surface area is 67.5 Å². The van der Waals surface area contributed by atoms with Crippen LogP contribution in [0.1, 0.15) is 26.2 Å². The molecule has 0 saturated heterocycles. The number of hydrogen-bond acceptors (Lipinski definition) is 1. The highest BCUT2D eigenvalue weighted by Gasteiger charge is 2.58. The predicted octanol–water partition coefficient (Wildman–Crippen LogP) is 2.18. The van der Waals surface area contributed by atoms with Crippen LogP contribution in [0.2, 0.25) is 0 Å². The van der Waals surface area contributed by atoms with Crippen molar-refractivity contribution in [1.82, 2.24) is 0 Å². The van der Waals surface area contributed by atoms with Gasteiger partial charge < -0.3 is 0 Å². The Bertz CT molecular complexity index is 219. The van der Waals surface area contributed by atoms with Gasteiger partial charge in [-0.2, -0.15) is 0 Å². The maximum Gasteiger partial charge on any atom is 0.146 e. The summed E-state index contributed by atoms with van der Waals surface area (Å²) >= 11 is 0. The molecule has 0 aromatic heterocycles. The number of allylic oxidation sites excluding steroid dienone is 1. The molecule has 0 bridgehead atoms. The molecule has 0 aromatic carbocycles. The van der Waals surface area contributed by atoms with E-state index in [0.717, 1.165) is 6.42 Å². The van der Waals surface area contributed by atoms with E-state index >= 15 is 0 Å². The lowest BCUT2D eigenvalue weighted by molar-refractivity contribution is -0.147. The topological polar surface area (TPSA) is 17.1 Å². The Hall–Kier alpha value is -0.590. The van der Waals surface area contributed by atoms with Gasteiger partial charge in [0.05, 0.1) is 0 Å². The highest BCUT2D eigenvalue weighted by Crippen LogP contribution is 2.56. The van der Waals surface area contributed by atoms with Crippen LogP contribution in [0.5, 0.6) is 0 Å². The van der Waals surface area contributed by atoms with E-state index in [-0.39, 0.29) is 5.41 Å². The van der Waals surface area contributed by atoms with Crippen LogP contribution < -0.4 is 0 Å². The van der Waals surface area contributed by atoms with Crippen LogP contribution in [0, 0.1) is 17.3 Å². The summed E-state index contributed by atoms with van der Waals surface area (Å²) in [5.74, 6) is 1.47. The van der Waals surface area contributed by atoms with Crippen LogP contribution in [-0.4, -0.2) is 5.78 Å². The lowest BCUT2D eigenvalue weighted by Gasteiger charge is -2.46. The van der Waals surface area contributed by atoms with Crippen LogP contribution >= 0.6 is 0 Å². The minimum absolute atomic E-state index is 0.152. The van der Waals surface area contributed by atoms with Gasteiger partial charge in [-0.05, 0) is 25.7 Å². The number of rotatable bonds is 1. The first kappa shape index (κ1) is 7.08. The molecule has 0 amide bonds. The Morgan fingerprint density at radius 2 is 2.36 bits per heavy atom. The highest BCUT2D eigenvalue weighted by molar-refractivity contribution is 5.95. The van der Waals surface area contributed by atoms with Crippen LogP contribution in [0.3, 0.4) is 0 Å². The fourth-order valence-electron chi connectivity index (χ4n) is 2.73. The van der Waals surface area contributed by atoms with Gasteiger partial charge in [-0.3, -0.25) is 4.79 Å². The average molecular weight is 150 g/mol. The number of Topliss-reactive ketones (excluding diaryl/α,β-unsaturated/α-hetero) is 1. The average Bonchev–Trinajstić information content (AvgIpc) is 2.48. The maximum atomic E-state index is 11.5. The Morgan fingerprint density at radius 1 is 1.64 bits per heavy atom. The zero-order valence-electron chi connectivity index (χ0n) is 6.97. The minimum Gasteiger partial charge on any atom is -0.298 e. The monoisotopic (exact) mass is 150 g/mol. The summed E-state index contributed by atoms with van der Waals surface area (Å²) in [6, 6.07) is 0. The number of carbonyl (C=O) groups is 1. The second-order valence-electron chi connectivity index (χ2n) is 3.99. The minimum atomic E-state index is -0.152. The van der Waals surface area contributed by atoms with E-state index in [2.05, 4.69) is 6.58 Å². The lowest BCUT2D eigenvalue weighted by atomic mass is 9.55. The first-order valence-electron chi connectivity index (χ1n) is 4.38. The fraction of sp³-hybridized carbons (Fsp3) is 0.700. The molecule has 2 aliphatic rings. The molecule has 1 nitrogen and oxygen atoms in total. The van der Waals surface area contributed by atoms with Crippen molar-refractivity contribution in [3.63, 3.8) is 0 Å². The molecule has 0 unspecified atom stereocenters. The van der Waals surface area contributed by atoms with Crippen molar-refractivity contribution >= 4 is 5.78 Å². The van der Waals surface area contributed by atoms with Crippen molar-refractivity contribution < 1.29 is 4.79 Å². The zero-order valence-corrected chi connectivity index (χ0v) is 6.97. The predicted molar refractivity (Wildman–Crippen MR) is 44.1 cm³/mol. The van der Waals surface area contributed by atoms with Gasteiger partial charge in [0.1, 0.15) is 5.78 Å². The quantitative estimate of drug-likeness (QED) is 0.523. The van der Waals surface area contributed by atoms with E-state index in [4.69, 9.17) is 0 Å². The molecule has 1 heteroatoms. The number of ketones is 1. The largest absolute Gasteiger partial charge is 0.298 e. The van der Waals surface area contributed by atoms with E-state index in [1.807, 2.05) is 13.0 Å². The van der Waals surface area contributed by atoms with E-state index in [9.17, 15) is 4.79 Å². The van der Waals surface area contributed by atoms with Crippen molar-refractivity contribution in [3.8, 4) is 0 Å². The summed E-state index contributed by atoms with van der Waals surface area (Å²) in [5, 5.41) is 0. The van der Waals surface area contributed by atoms with Gasteiger partial charge in [-0.15, -0.1) is 6.58 Å². The van der Waals surface area contributed by atoms with Crippen molar-refractivity contribution in [2.24, 2.45) is 17.3 Å². The van der Waals surface area contributed by atoms with Crippen molar-refractivity contribution in [2.75, 3.05) is 0 Å². The molecular formula is C10H14O. The van der Waals surface area contributed by atoms with E-state index in [1.165, 1.54) is 12.8 Å². The molecule has 2 fully saturated rings. The molecule has 0 aliphatic heterocycles. The Morgan fingerprint density at radius 3 is 3.00 bits per heavy atom. The molecule has 0 aromatic rings. The summed E-state index contributed by atoms with van der Waals surface area (Å²) in [6.07, 6.45) is 5.46. The first-order valence-corrected chi connectivity index (χ1v) is 4.38.